The molecule has 3 rings (SSSR count). The van der Waals surface area contributed by atoms with Crippen molar-refractivity contribution in [3.8, 4) is 0 Å². The minimum Gasteiger partial charge on any atom is -0.381 e. The van der Waals surface area contributed by atoms with E-state index in [0.717, 1.165) is 39.1 Å². The first-order valence-electron chi connectivity index (χ1n) is 8.60. The first-order valence-corrected chi connectivity index (χ1v) is 8.60. The Morgan fingerprint density at radius 2 is 1.74 bits per heavy atom. The fraction of sp³-hybridized carbons (Fsp3) is 0.429. The van der Waals surface area contributed by atoms with Gasteiger partial charge in [-0.2, -0.15) is 0 Å². The van der Waals surface area contributed by atoms with Crippen molar-refractivity contribution in [2.24, 2.45) is 0 Å². The third kappa shape index (κ3) is 3.82. The Kier molecular flexibility index (Phi) is 5.14. The van der Waals surface area contributed by atoms with Crippen LogP contribution in [0.1, 0.15) is 35.1 Å². The summed E-state index contributed by atoms with van der Waals surface area (Å²) < 4.78 is 5.62. The molecule has 1 heterocycles. The van der Waals surface area contributed by atoms with Crippen LogP contribution in [-0.2, 0) is 16.7 Å². The van der Waals surface area contributed by atoms with Crippen LogP contribution in [0.25, 0.3) is 0 Å². The highest BCUT2D eigenvalue weighted by molar-refractivity contribution is 5.31. The van der Waals surface area contributed by atoms with Crippen LogP contribution in [0.2, 0.25) is 0 Å². The van der Waals surface area contributed by atoms with Crippen molar-refractivity contribution in [2.75, 3.05) is 19.8 Å². The molecule has 122 valence electrons. The second-order valence-corrected chi connectivity index (χ2v) is 6.79. The van der Waals surface area contributed by atoms with E-state index in [1.54, 1.807) is 0 Å². The quantitative estimate of drug-likeness (QED) is 0.896. The zero-order valence-corrected chi connectivity index (χ0v) is 14.3. The number of ether oxygens (including phenoxy) is 1. The van der Waals surface area contributed by atoms with Crippen LogP contribution < -0.4 is 5.32 Å². The molecule has 0 radical (unpaired) electrons. The van der Waals surface area contributed by atoms with E-state index in [2.05, 4.69) is 67.7 Å². The molecular formula is C21H27NO. The lowest BCUT2D eigenvalue weighted by atomic mass is 9.74. The van der Waals surface area contributed by atoms with Crippen LogP contribution in [0.4, 0.5) is 0 Å². The number of aryl methyl sites for hydroxylation is 2. The van der Waals surface area contributed by atoms with Crippen molar-refractivity contribution >= 4 is 0 Å². The normalized spacial score (nSPS) is 17.1. The zero-order valence-electron chi connectivity index (χ0n) is 14.3. The van der Waals surface area contributed by atoms with Crippen molar-refractivity contribution in [2.45, 2.75) is 38.6 Å². The number of hydrogen-bond donors (Lipinski definition) is 1. The maximum absolute atomic E-state index is 5.62. The minimum atomic E-state index is 0.206. The summed E-state index contributed by atoms with van der Waals surface area (Å²) in [4.78, 5) is 0. The van der Waals surface area contributed by atoms with Gasteiger partial charge in [0.05, 0.1) is 0 Å². The van der Waals surface area contributed by atoms with Gasteiger partial charge < -0.3 is 10.1 Å². The average Bonchev–Trinajstić information content (AvgIpc) is 2.58. The SMILES string of the molecule is Cc1ccc(CNCC2(c3ccccc3)CCOCC2)c(C)c1. The molecular weight excluding hydrogens is 282 g/mol. The van der Waals surface area contributed by atoms with E-state index in [1.807, 2.05) is 0 Å². The largest absolute Gasteiger partial charge is 0.381 e. The van der Waals surface area contributed by atoms with Gasteiger partial charge in [0, 0.05) is 31.7 Å². The summed E-state index contributed by atoms with van der Waals surface area (Å²) in [6, 6.07) is 17.6. The fourth-order valence-electron chi connectivity index (χ4n) is 3.60. The molecule has 0 atom stereocenters. The molecule has 1 N–H and O–H groups in total. The van der Waals surface area contributed by atoms with Crippen molar-refractivity contribution in [3.63, 3.8) is 0 Å². The van der Waals surface area contributed by atoms with Gasteiger partial charge in [-0.15, -0.1) is 0 Å². The molecule has 0 unspecified atom stereocenters. The van der Waals surface area contributed by atoms with Gasteiger partial charge in [-0.25, -0.2) is 0 Å². The highest BCUT2D eigenvalue weighted by Crippen LogP contribution is 2.34. The van der Waals surface area contributed by atoms with E-state index in [4.69, 9.17) is 4.74 Å². The molecule has 1 saturated heterocycles. The van der Waals surface area contributed by atoms with E-state index >= 15 is 0 Å². The molecule has 0 saturated carbocycles. The summed E-state index contributed by atoms with van der Waals surface area (Å²) >= 11 is 0. The molecule has 2 nitrogen and oxygen atoms in total. The molecule has 2 aromatic rings. The molecule has 0 spiro atoms. The van der Waals surface area contributed by atoms with Gasteiger partial charge >= 0.3 is 0 Å². The summed E-state index contributed by atoms with van der Waals surface area (Å²) in [5.41, 5.74) is 5.75. The van der Waals surface area contributed by atoms with Gasteiger partial charge in [0.2, 0.25) is 0 Å². The smallest absolute Gasteiger partial charge is 0.0475 e. The predicted molar refractivity (Wildman–Crippen MR) is 95.8 cm³/mol. The second-order valence-electron chi connectivity index (χ2n) is 6.79. The Bertz CT molecular complexity index is 630. The number of rotatable bonds is 5. The Morgan fingerprint density at radius 1 is 1.00 bits per heavy atom. The van der Waals surface area contributed by atoms with Crippen LogP contribution >= 0.6 is 0 Å². The molecule has 1 aliphatic heterocycles. The fourth-order valence-corrected chi connectivity index (χ4v) is 3.60. The lowest BCUT2D eigenvalue weighted by Gasteiger charge is -2.38. The topological polar surface area (TPSA) is 21.3 Å². The van der Waals surface area contributed by atoms with Crippen LogP contribution in [0.3, 0.4) is 0 Å². The van der Waals surface area contributed by atoms with Crippen molar-refractivity contribution in [3.05, 3.63) is 70.8 Å². The van der Waals surface area contributed by atoms with E-state index in [0.29, 0.717) is 0 Å². The van der Waals surface area contributed by atoms with E-state index in [1.165, 1.54) is 22.3 Å². The lowest BCUT2D eigenvalue weighted by molar-refractivity contribution is 0.0498. The molecule has 2 heteroatoms. The van der Waals surface area contributed by atoms with Crippen LogP contribution in [-0.4, -0.2) is 19.8 Å². The van der Waals surface area contributed by atoms with Gasteiger partial charge in [-0.3, -0.25) is 0 Å². The molecule has 23 heavy (non-hydrogen) atoms. The molecule has 2 aromatic carbocycles. The molecule has 0 amide bonds. The number of nitrogens with one attached hydrogen (secondary N) is 1. The summed E-state index contributed by atoms with van der Waals surface area (Å²) in [6.45, 7) is 8.01. The highest BCUT2D eigenvalue weighted by Gasteiger charge is 2.33. The van der Waals surface area contributed by atoms with Crippen molar-refractivity contribution < 1.29 is 4.74 Å². The zero-order chi connectivity index (χ0) is 16.1. The predicted octanol–water partition coefficient (Wildman–Crippen LogP) is 4.14. The minimum absolute atomic E-state index is 0.206. The van der Waals surface area contributed by atoms with E-state index in [9.17, 15) is 0 Å². The van der Waals surface area contributed by atoms with Crippen molar-refractivity contribution in [1.82, 2.24) is 5.32 Å². The van der Waals surface area contributed by atoms with Crippen LogP contribution in [0.5, 0.6) is 0 Å². The summed E-state index contributed by atoms with van der Waals surface area (Å²) in [7, 11) is 0. The highest BCUT2D eigenvalue weighted by atomic mass is 16.5. The lowest BCUT2D eigenvalue weighted by Crippen LogP contribution is -2.42. The Labute approximate surface area is 139 Å². The maximum atomic E-state index is 5.62. The van der Waals surface area contributed by atoms with Gasteiger partial charge in [0.1, 0.15) is 0 Å². The molecule has 0 aliphatic carbocycles. The summed E-state index contributed by atoms with van der Waals surface area (Å²) in [6.07, 6.45) is 2.19. The number of benzene rings is 2. The van der Waals surface area contributed by atoms with E-state index in [-0.39, 0.29) is 5.41 Å². The third-order valence-electron chi connectivity index (χ3n) is 5.11. The Hall–Kier alpha value is -1.64. The Balaban J connectivity index is 1.70. The monoisotopic (exact) mass is 309 g/mol. The third-order valence-corrected chi connectivity index (χ3v) is 5.11. The molecule has 1 aliphatic rings. The van der Waals surface area contributed by atoms with Gasteiger partial charge in [0.15, 0.2) is 0 Å². The van der Waals surface area contributed by atoms with Crippen molar-refractivity contribution in [1.29, 1.82) is 0 Å². The Morgan fingerprint density at radius 3 is 2.43 bits per heavy atom. The first kappa shape index (κ1) is 16.2. The van der Waals surface area contributed by atoms with Gasteiger partial charge in [-0.05, 0) is 43.4 Å². The van der Waals surface area contributed by atoms with Crippen LogP contribution in [0, 0.1) is 13.8 Å². The number of hydrogen-bond acceptors (Lipinski definition) is 2. The van der Waals surface area contributed by atoms with E-state index < -0.39 is 0 Å². The average molecular weight is 309 g/mol. The van der Waals surface area contributed by atoms with Gasteiger partial charge in [-0.1, -0.05) is 54.1 Å². The first-order chi connectivity index (χ1) is 11.2. The summed E-state index contributed by atoms with van der Waals surface area (Å²) in [5.74, 6) is 0. The maximum Gasteiger partial charge on any atom is 0.0475 e. The standard InChI is InChI=1S/C21H27NO/c1-17-8-9-19(18(2)14-17)15-22-16-21(10-12-23-13-11-21)20-6-4-3-5-7-20/h3-9,14,22H,10-13,15-16H2,1-2H3. The van der Waals surface area contributed by atoms with Gasteiger partial charge in [0.25, 0.3) is 0 Å². The molecule has 1 fully saturated rings. The summed E-state index contributed by atoms with van der Waals surface area (Å²) in [5, 5.41) is 3.72. The second kappa shape index (κ2) is 7.29. The molecule has 0 aromatic heterocycles. The van der Waals surface area contributed by atoms with Crippen LogP contribution in [0.15, 0.2) is 48.5 Å². The molecule has 0 bridgehead atoms.